The largest absolute Gasteiger partial charge is 0.489 e. The first-order valence-electron chi connectivity index (χ1n) is 15.3. The Morgan fingerprint density at radius 2 is 1.80 bits per heavy atom. The Balaban J connectivity index is 1.15. The van der Waals surface area contributed by atoms with Gasteiger partial charge < -0.3 is 15.0 Å². The van der Waals surface area contributed by atoms with Crippen molar-refractivity contribution in [2.45, 2.75) is 65.6 Å². The molecule has 6 rings (SSSR count). The number of hydrogen-bond donors (Lipinski definition) is 1. The third-order valence-corrected chi connectivity index (χ3v) is 9.58. The number of halogens is 1. The molecule has 2 fully saturated rings. The number of aromatic nitrogens is 1. The Kier molecular flexibility index (Phi) is 8.01. The van der Waals surface area contributed by atoms with Gasteiger partial charge in [-0.3, -0.25) is 4.79 Å². The van der Waals surface area contributed by atoms with E-state index >= 15 is 0 Å². The van der Waals surface area contributed by atoms with Crippen LogP contribution < -0.4 is 10.1 Å². The van der Waals surface area contributed by atoms with Gasteiger partial charge in [0.25, 0.3) is 5.91 Å². The van der Waals surface area contributed by atoms with E-state index in [9.17, 15) is 10.1 Å². The van der Waals surface area contributed by atoms with Crippen molar-refractivity contribution in [1.82, 2.24) is 15.2 Å². The molecule has 2 aromatic carbocycles. The number of amides is 1. The Bertz CT molecular complexity index is 1710. The maximum Gasteiger partial charge on any atom is 0.256 e. The average molecular weight is 605 g/mol. The van der Waals surface area contributed by atoms with Crippen molar-refractivity contribution in [2.24, 2.45) is 10.8 Å². The van der Waals surface area contributed by atoms with Crippen LogP contribution >= 0.6 is 11.6 Å². The first-order chi connectivity index (χ1) is 21.1. The smallest absolute Gasteiger partial charge is 0.256 e. The molecule has 1 saturated carbocycles. The van der Waals surface area contributed by atoms with Crippen LogP contribution in [-0.4, -0.2) is 41.0 Å². The third-order valence-electron chi connectivity index (χ3n) is 9.26. The molecule has 44 heavy (non-hydrogen) atoms. The lowest BCUT2D eigenvalue weighted by Gasteiger charge is -2.65. The third kappa shape index (κ3) is 5.61. The van der Waals surface area contributed by atoms with Gasteiger partial charge in [-0.15, -0.1) is 0 Å². The summed E-state index contributed by atoms with van der Waals surface area (Å²) < 4.78 is 6.44. The Morgan fingerprint density at radius 1 is 1.02 bits per heavy atom. The maximum atomic E-state index is 13.6. The molecule has 3 aromatic rings. The molecular formula is C37H37ClN4O2. The van der Waals surface area contributed by atoms with Crippen molar-refractivity contribution in [3.63, 3.8) is 0 Å². The van der Waals surface area contributed by atoms with Crippen LogP contribution in [0.2, 0.25) is 5.02 Å². The second kappa shape index (κ2) is 11.8. The molecule has 1 N–H and O–H groups in total. The van der Waals surface area contributed by atoms with Crippen molar-refractivity contribution < 1.29 is 9.53 Å². The van der Waals surface area contributed by atoms with Crippen LogP contribution in [0.1, 0.15) is 85.4 Å². The van der Waals surface area contributed by atoms with Gasteiger partial charge in [-0.2, -0.15) is 5.26 Å². The Labute approximate surface area is 265 Å². The van der Waals surface area contributed by atoms with Gasteiger partial charge in [0, 0.05) is 28.5 Å². The van der Waals surface area contributed by atoms with Crippen LogP contribution in [0.3, 0.4) is 0 Å². The standard InChI is InChI=1S/C37H37ClN4O2/c1-36(2)34(37(3,4)35(36)44-29-15-12-27(22-39)31(38)21-29)42-23-32-30(33(42)43)16-14-28(41-32)13-11-24-7-9-26(10-8-24)20-25-6-5-18-40-19-17-25/h7-10,12,14-16,20-21,34-35,40H,5-6,17-19,23H2,1-4H3/b25-20-/t34-,35-. The van der Waals surface area contributed by atoms with E-state index in [1.807, 2.05) is 17.0 Å². The summed E-state index contributed by atoms with van der Waals surface area (Å²) in [4.78, 5) is 20.4. The predicted octanol–water partition coefficient (Wildman–Crippen LogP) is 7.00. The summed E-state index contributed by atoms with van der Waals surface area (Å²) in [5, 5.41) is 13.0. The van der Waals surface area contributed by atoms with Crippen molar-refractivity contribution in [1.29, 1.82) is 5.26 Å². The predicted molar refractivity (Wildman–Crippen MR) is 173 cm³/mol. The second-order valence-corrected chi connectivity index (χ2v) is 13.6. The van der Waals surface area contributed by atoms with Gasteiger partial charge in [0.05, 0.1) is 28.4 Å². The summed E-state index contributed by atoms with van der Waals surface area (Å²) in [6, 6.07) is 19.2. The highest BCUT2D eigenvalue weighted by atomic mass is 35.5. The zero-order chi connectivity index (χ0) is 31.1. The number of benzene rings is 2. The number of fused-ring (bicyclic) bond motifs is 1. The number of nitrogens with zero attached hydrogens (tertiary/aromatic N) is 3. The van der Waals surface area contributed by atoms with Gasteiger partial charge in [0.15, 0.2) is 0 Å². The molecule has 0 atom stereocenters. The van der Waals surface area contributed by atoms with Crippen molar-refractivity contribution in [3.8, 4) is 23.7 Å². The van der Waals surface area contributed by atoms with Gasteiger partial charge in [0.2, 0.25) is 0 Å². The average Bonchev–Trinajstić information content (AvgIpc) is 3.13. The van der Waals surface area contributed by atoms with E-state index in [4.69, 9.17) is 21.3 Å². The minimum atomic E-state index is -0.334. The summed E-state index contributed by atoms with van der Waals surface area (Å²) in [6.07, 6.45) is 5.57. The maximum absolute atomic E-state index is 13.6. The summed E-state index contributed by atoms with van der Waals surface area (Å²) >= 11 is 6.26. The number of nitriles is 1. The van der Waals surface area contributed by atoms with Crippen LogP contribution in [0.5, 0.6) is 5.75 Å². The molecule has 3 aliphatic rings. The minimum absolute atomic E-state index is 0.00724. The molecule has 1 amide bonds. The fraction of sp³-hybridized carbons (Fsp3) is 0.378. The molecule has 1 saturated heterocycles. The van der Waals surface area contributed by atoms with Crippen LogP contribution in [-0.2, 0) is 6.54 Å². The van der Waals surface area contributed by atoms with E-state index in [0.29, 0.717) is 34.1 Å². The zero-order valence-corrected chi connectivity index (χ0v) is 26.5. The monoisotopic (exact) mass is 604 g/mol. The number of carbonyl (C=O) groups excluding carboxylic acids is 1. The van der Waals surface area contributed by atoms with E-state index < -0.39 is 0 Å². The van der Waals surface area contributed by atoms with Crippen LogP contribution in [0.25, 0.3) is 6.08 Å². The van der Waals surface area contributed by atoms with Crippen molar-refractivity contribution in [3.05, 3.63) is 98.8 Å². The number of rotatable bonds is 4. The molecular weight excluding hydrogens is 568 g/mol. The molecule has 2 aliphatic heterocycles. The number of nitrogens with one attached hydrogen (secondary N) is 1. The van der Waals surface area contributed by atoms with Crippen LogP contribution in [0.15, 0.2) is 60.2 Å². The quantitative estimate of drug-likeness (QED) is 0.324. The summed E-state index contributed by atoms with van der Waals surface area (Å²) in [7, 11) is 0. The number of pyridine rings is 1. The highest BCUT2D eigenvalue weighted by Gasteiger charge is 2.67. The lowest BCUT2D eigenvalue weighted by molar-refractivity contribution is -0.199. The molecule has 1 aromatic heterocycles. The van der Waals surface area contributed by atoms with Gasteiger partial charge >= 0.3 is 0 Å². The first-order valence-corrected chi connectivity index (χ1v) is 15.6. The normalized spacial score (nSPS) is 22.7. The fourth-order valence-corrected chi connectivity index (χ4v) is 7.82. The van der Waals surface area contributed by atoms with E-state index in [1.165, 1.54) is 17.6 Å². The first kappa shape index (κ1) is 29.9. The minimum Gasteiger partial charge on any atom is -0.489 e. The van der Waals surface area contributed by atoms with Crippen molar-refractivity contribution >= 4 is 23.6 Å². The molecule has 1 aliphatic carbocycles. The van der Waals surface area contributed by atoms with E-state index in [0.717, 1.165) is 37.2 Å². The molecule has 0 unspecified atom stereocenters. The molecule has 0 spiro atoms. The highest BCUT2D eigenvalue weighted by Crippen LogP contribution is 2.59. The zero-order valence-electron chi connectivity index (χ0n) is 25.7. The van der Waals surface area contributed by atoms with E-state index in [-0.39, 0.29) is 28.9 Å². The molecule has 6 nitrogen and oxygen atoms in total. The van der Waals surface area contributed by atoms with Crippen molar-refractivity contribution in [2.75, 3.05) is 13.1 Å². The summed E-state index contributed by atoms with van der Waals surface area (Å²) in [5.41, 5.74) is 5.43. The van der Waals surface area contributed by atoms with Crippen LogP contribution in [0.4, 0.5) is 0 Å². The summed E-state index contributed by atoms with van der Waals surface area (Å²) in [6.45, 7) is 11.1. The lowest BCUT2D eigenvalue weighted by Crippen LogP contribution is -2.74. The molecule has 224 valence electrons. The topological polar surface area (TPSA) is 78.2 Å². The molecule has 0 bridgehead atoms. The van der Waals surface area contributed by atoms with E-state index in [2.05, 4.69) is 81.3 Å². The second-order valence-electron chi connectivity index (χ2n) is 13.2. The van der Waals surface area contributed by atoms with Gasteiger partial charge in [-0.25, -0.2) is 4.98 Å². The van der Waals surface area contributed by atoms with E-state index in [1.54, 1.807) is 18.2 Å². The van der Waals surface area contributed by atoms with Gasteiger partial charge in [-0.1, -0.05) is 69.0 Å². The van der Waals surface area contributed by atoms with Crippen LogP contribution in [0, 0.1) is 34.0 Å². The van der Waals surface area contributed by atoms with Gasteiger partial charge in [-0.05, 0) is 80.2 Å². The molecule has 0 radical (unpaired) electrons. The number of carbonyl (C=O) groups is 1. The summed E-state index contributed by atoms with van der Waals surface area (Å²) in [5.74, 6) is 7.05. The highest BCUT2D eigenvalue weighted by molar-refractivity contribution is 6.31. The molecule has 3 heterocycles. The number of ether oxygens (including phenoxy) is 1. The SMILES string of the molecule is CC1(C)[C@H](Oc2ccc(C#N)c(Cl)c2)C(C)(C)[C@H]1N1Cc2nc(C#Cc3ccc(/C=C4/CCCNCC4)cc3)ccc2C1=O. The number of hydrogen-bond acceptors (Lipinski definition) is 5. The Hall–Kier alpha value is -4.10. The lowest BCUT2D eigenvalue weighted by atomic mass is 9.49. The molecule has 7 heteroatoms. The fourth-order valence-electron chi connectivity index (χ4n) is 7.61. The van der Waals surface area contributed by atoms with Gasteiger partial charge in [0.1, 0.15) is 23.6 Å². The Morgan fingerprint density at radius 3 is 2.52 bits per heavy atom.